The molecule has 9 heteroatoms. The minimum atomic E-state index is 0.280. The molecule has 2 aliphatic heterocycles. The maximum atomic E-state index is 7.85. The number of aromatic nitrogens is 1. The molecule has 0 amide bonds. The Kier molecular flexibility index (Phi) is 5.93. The van der Waals surface area contributed by atoms with Crippen LogP contribution in [0.2, 0.25) is 0 Å². The lowest BCUT2D eigenvalue weighted by Crippen LogP contribution is -2.55. The number of amidine groups is 1. The summed E-state index contributed by atoms with van der Waals surface area (Å²) in [6.45, 7) is 7.37. The zero-order valence-corrected chi connectivity index (χ0v) is 19.5. The van der Waals surface area contributed by atoms with Gasteiger partial charge in [0.25, 0.3) is 0 Å². The summed E-state index contributed by atoms with van der Waals surface area (Å²) in [6.07, 6.45) is 3.41. The van der Waals surface area contributed by atoms with Crippen molar-refractivity contribution in [1.82, 2.24) is 9.99 Å². The highest BCUT2D eigenvalue weighted by molar-refractivity contribution is 6.04. The van der Waals surface area contributed by atoms with E-state index in [2.05, 4.69) is 46.2 Å². The van der Waals surface area contributed by atoms with Gasteiger partial charge in [0.15, 0.2) is 23.6 Å². The van der Waals surface area contributed by atoms with E-state index in [1.165, 1.54) is 12.0 Å². The number of hydrogen-bond donors (Lipinski definition) is 2. The molecule has 3 N–H and O–H groups in total. The highest BCUT2D eigenvalue weighted by atomic mass is 16.5. The van der Waals surface area contributed by atoms with E-state index in [1.54, 1.807) is 6.92 Å². The highest BCUT2D eigenvalue weighted by Crippen LogP contribution is 2.31. The predicted octanol–water partition coefficient (Wildman–Crippen LogP) is 3.41. The lowest BCUT2D eigenvalue weighted by molar-refractivity contribution is 0.160. The molecule has 0 unspecified atom stereocenters. The van der Waals surface area contributed by atoms with Crippen molar-refractivity contribution in [2.24, 2.45) is 10.7 Å². The molecule has 9 nitrogen and oxygen atoms in total. The number of nitrogens with one attached hydrogen (secondary N) is 1. The minimum absolute atomic E-state index is 0.280. The van der Waals surface area contributed by atoms with E-state index < -0.39 is 0 Å². The van der Waals surface area contributed by atoms with Gasteiger partial charge >= 0.3 is 0 Å². The first-order chi connectivity index (χ1) is 16.5. The third-order valence-electron chi connectivity index (χ3n) is 5.99. The maximum absolute atomic E-state index is 7.85. The predicted molar refractivity (Wildman–Crippen MR) is 135 cm³/mol. The Labute approximate surface area is 198 Å². The number of morpholine rings is 1. The van der Waals surface area contributed by atoms with E-state index in [1.807, 2.05) is 23.1 Å². The molecule has 0 radical (unpaired) electrons. The van der Waals surface area contributed by atoms with Crippen molar-refractivity contribution in [3.8, 4) is 0 Å². The molecule has 1 fully saturated rings. The second-order valence-electron chi connectivity index (χ2n) is 8.51. The van der Waals surface area contributed by atoms with Crippen LogP contribution in [0, 0.1) is 12.3 Å². The largest absolute Gasteiger partial charge is 0.488 e. The van der Waals surface area contributed by atoms with Gasteiger partial charge in [0.05, 0.1) is 44.2 Å². The fraction of sp³-hybridized carbons (Fsp3) is 0.320. The lowest BCUT2D eigenvalue weighted by Gasteiger charge is -2.43. The molecule has 176 valence electrons. The smallest absolute Gasteiger partial charge is 0.185 e. The molecule has 0 aliphatic carbocycles. The van der Waals surface area contributed by atoms with Crippen LogP contribution in [0.1, 0.15) is 18.1 Å². The van der Waals surface area contributed by atoms with Gasteiger partial charge in [0, 0.05) is 11.3 Å². The summed E-state index contributed by atoms with van der Waals surface area (Å²) in [5, 5.41) is 12.3. The number of fused-ring (bicyclic) bond motifs is 2. The maximum Gasteiger partial charge on any atom is 0.185 e. The Bertz CT molecular complexity index is 1260. The Morgan fingerprint density at radius 1 is 1.18 bits per heavy atom. The van der Waals surface area contributed by atoms with E-state index >= 15 is 0 Å². The molecule has 0 saturated carbocycles. The van der Waals surface area contributed by atoms with E-state index in [0.717, 1.165) is 35.9 Å². The summed E-state index contributed by atoms with van der Waals surface area (Å²) in [5.74, 6) is 1.53. The molecule has 2 aromatic carbocycles. The van der Waals surface area contributed by atoms with Crippen LogP contribution in [0.4, 0.5) is 11.4 Å². The first-order valence-corrected chi connectivity index (χ1v) is 11.4. The summed E-state index contributed by atoms with van der Waals surface area (Å²) in [5.41, 5.74) is 11.9. The third kappa shape index (κ3) is 4.10. The molecule has 0 atom stereocenters. The number of rotatable bonds is 6. The van der Waals surface area contributed by atoms with Crippen molar-refractivity contribution in [1.29, 1.82) is 5.41 Å². The quantitative estimate of drug-likeness (QED) is 0.430. The van der Waals surface area contributed by atoms with Crippen LogP contribution in [0.5, 0.6) is 0 Å². The van der Waals surface area contributed by atoms with Crippen molar-refractivity contribution in [2.75, 3.05) is 49.4 Å². The van der Waals surface area contributed by atoms with Crippen molar-refractivity contribution in [2.45, 2.75) is 13.8 Å². The van der Waals surface area contributed by atoms with Crippen LogP contribution in [-0.4, -0.2) is 61.0 Å². The normalized spacial score (nSPS) is 16.9. The van der Waals surface area contributed by atoms with Gasteiger partial charge in [-0.2, -0.15) is 0 Å². The summed E-state index contributed by atoms with van der Waals surface area (Å²) in [4.78, 5) is 11.1. The van der Waals surface area contributed by atoms with Crippen LogP contribution >= 0.6 is 0 Å². The summed E-state index contributed by atoms with van der Waals surface area (Å²) in [7, 11) is 0. The second-order valence-corrected chi connectivity index (χ2v) is 8.51. The van der Waals surface area contributed by atoms with Crippen LogP contribution in [0.3, 0.4) is 0 Å². The number of nitrogens with two attached hydrogens (primary N) is 1. The number of oxazole rings is 1. The molecule has 34 heavy (non-hydrogen) atoms. The molecular weight excluding hydrogens is 430 g/mol. The molecule has 3 aromatic rings. The van der Waals surface area contributed by atoms with Gasteiger partial charge in [0.2, 0.25) is 0 Å². The zero-order chi connectivity index (χ0) is 23.7. The van der Waals surface area contributed by atoms with Crippen LogP contribution < -0.4 is 15.6 Å². The summed E-state index contributed by atoms with van der Waals surface area (Å²) in [6, 6.07) is 12.5. The van der Waals surface area contributed by atoms with E-state index in [9.17, 15) is 0 Å². The van der Waals surface area contributed by atoms with Crippen molar-refractivity contribution >= 4 is 40.1 Å². The van der Waals surface area contributed by atoms with Crippen molar-refractivity contribution in [3.05, 3.63) is 59.7 Å². The van der Waals surface area contributed by atoms with Gasteiger partial charge in [-0.25, -0.2) is 4.98 Å². The summed E-state index contributed by atoms with van der Waals surface area (Å²) < 4.78 is 11.8. The highest BCUT2D eigenvalue weighted by Gasteiger charge is 2.31. The van der Waals surface area contributed by atoms with Crippen molar-refractivity contribution in [3.63, 3.8) is 0 Å². The summed E-state index contributed by atoms with van der Waals surface area (Å²) >= 11 is 0. The lowest BCUT2D eigenvalue weighted by atomic mass is 10.1. The molecule has 1 saturated heterocycles. The van der Waals surface area contributed by atoms with Gasteiger partial charge in [0.1, 0.15) is 12.1 Å². The minimum Gasteiger partial charge on any atom is -0.488 e. The molecule has 3 heterocycles. The monoisotopic (exact) mass is 459 g/mol. The number of hydrazine groups is 1. The van der Waals surface area contributed by atoms with E-state index in [4.69, 9.17) is 25.3 Å². The molecule has 1 aromatic heterocycles. The fourth-order valence-electron chi connectivity index (χ4n) is 4.40. The van der Waals surface area contributed by atoms with Gasteiger partial charge in [-0.1, -0.05) is 17.7 Å². The van der Waals surface area contributed by atoms with Crippen LogP contribution in [0.15, 0.2) is 58.0 Å². The number of benzene rings is 2. The number of aryl methyl sites for hydroxylation is 1. The standard InChI is InChI=1S/C25H29N7O2/c1-17-3-6-20(7-4-17)31-10-9-28-25-22(33-12-11-32(25)31)13-19-5-8-21(23-24(19)34-16-29-23)30(15-26)14-18(2)27/h3-8,13,16,27H,9-12,14-15,26H2,1-2H3. The van der Waals surface area contributed by atoms with E-state index in [-0.39, 0.29) is 6.67 Å². The molecule has 0 bridgehead atoms. The third-order valence-corrected chi connectivity index (χ3v) is 5.99. The zero-order valence-electron chi connectivity index (χ0n) is 19.5. The Morgan fingerprint density at radius 2 is 2.00 bits per heavy atom. The number of nitrogens with zero attached hydrogens (tertiary/aromatic N) is 5. The van der Waals surface area contributed by atoms with Gasteiger partial charge in [-0.15, -0.1) is 0 Å². The average molecular weight is 460 g/mol. The van der Waals surface area contributed by atoms with Gasteiger partial charge < -0.3 is 25.2 Å². The van der Waals surface area contributed by atoms with Crippen LogP contribution in [-0.2, 0) is 4.74 Å². The number of anilines is 2. The first-order valence-electron chi connectivity index (χ1n) is 11.4. The number of aliphatic imine (C=N–C) groups is 1. The first kappa shape index (κ1) is 22.0. The Morgan fingerprint density at radius 3 is 2.76 bits per heavy atom. The second kappa shape index (κ2) is 9.18. The molecular formula is C25H29N7O2. The SMILES string of the molecule is CC(=N)CN(CN)c1ccc(C=C2OCCN3C2=NCCN3c2ccc(C)cc2)c2ocnc12. The fourth-order valence-corrected chi connectivity index (χ4v) is 4.40. The molecule has 5 rings (SSSR count). The average Bonchev–Trinajstić information content (AvgIpc) is 3.34. The topological polar surface area (TPSA) is 107 Å². The van der Waals surface area contributed by atoms with Crippen molar-refractivity contribution < 1.29 is 9.15 Å². The van der Waals surface area contributed by atoms with Gasteiger partial charge in [-0.05, 0) is 44.2 Å². The number of ether oxygens (including phenoxy) is 1. The van der Waals surface area contributed by atoms with Gasteiger partial charge in [-0.3, -0.25) is 15.0 Å². The number of hydrogen-bond acceptors (Lipinski definition) is 9. The van der Waals surface area contributed by atoms with Crippen LogP contribution in [0.25, 0.3) is 17.2 Å². The molecule has 0 spiro atoms. The Balaban J connectivity index is 1.49. The molecule has 2 aliphatic rings. The van der Waals surface area contributed by atoms with E-state index in [0.29, 0.717) is 42.3 Å². The Hall–Kier alpha value is -3.85.